The van der Waals surface area contributed by atoms with Crippen LogP contribution in [0.1, 0.15) is 25.8 Å². The van der Waals surface area contributed by atoms with E-state index in [1.54, 1.807) is 0 Å². The molecular weight excluding hydrogens is 246 g/mol. The van der Waals surface area contributed by atoms with E-state index in [1.165, 1.54) is 5.56 Å². The second-order valence-corrected chi connectivity index (χ2v) is 4.87. The van der Waals surface area contributed by atoms with Gasteiger partial charge in [-0.15, -0.1) is 0 Å². The van der Waals surface area contributed by atoms with Crippen LogP contribution in [-0.2, 0) is 6.42 Å². The summed E-state index contributed by atoms with van der Waals surface area (Å²) in [6.07, 6.45) is 2.10. The number of rotatable bonds is 7. The molecule has 0 aliphatic heterocycles. The Kier molecular flexibility index (Phi) is 5.48. The SMILES string of the molecule is CCOc1ccccc1NC(CC)Cc1ccccc1. The van der Waals surface area contributed by atoms with Gasteiger partial charge in [-0.2, -0.15) is 0 Å². The molecule has 106 valence electrons. The summed E-state index contributed by atoms with van der Waals surface area (Å²) in [4.78, 5) is 0. The van der Waals surface area contributed by atoms with Crippen molar-refractivity contribution in [3.05, 3.63) is 60.2 Å². The predicted molar refractivity (Wildman–Crippen MR) is 85.5 cm³/mol. The summed E-state index contributed by atoms with van der Waals surface area (Å²) in [5.74, 6) is 0.932. The fourth-order valence-electron chi connectivity index (χ4n) is 2.28. The maximum Gasteiger partial charge on any atom is 0.142 e. The highest BCUT2D eigenvalue weighted by atomic mass is 16.5. The van der Waals surface area contributed by atoms with Crippen LogP contribution >= 0.6 is 0 Å². The minimum Gasteiger partial charge on any atom is -0.492 e. The van der Waals surface area contributed by atoms with E-state index in [9.17, 15) is 0 Å². The Labute approximate surface area is 121 Å². The lowest BCUT2D eigenvalue weighted by Crippen LogP contribution is -2.21. The van der Waals surface area contributed by atoms with Gasteiger partial charge in [0, 0.05) is 6.04 Å². The molecule has 0 bridgehead atoms. The summed E-state index contributed by atoms with van der Waals surface area (Å²) in [7, 11) is 0. The van der Waals surface area contributed by atoms with Crippen LogP contribution in [0.15, 0.2) is 54.6 Å². The van der Waals surface area contributed by atoms with E-state index >= 15 is 0 Å². The second-order valence-electron chi connectivity index (χ2n) is 4.87. The maximum absolute atomic E-state index is 5.67. The van der Waals surface area contributed by atoms with Gasteiger partial charge in [0.2, 0.25) is 0 Å². The topological polar surface area (TPSA) is 21.3 Å². The molecule has 1 N–H and O–H groups in total. The molecule has 0 fully saturated rings. The van der Waals surface area contributed by atoms with Crippen molar-refractivity contribution in [3.63, 3.8) is 0 Å². The summed E-state index contributed by atoms with van der Waals surface area (Å²) < 4.78 is 5.67. The number of benzene rings is 2. The lowest BCUT2D eigenvalue weighted by atomic mass is 10.0. The molecular formula is C18H23NO. The Hall–Kier alpha value is -1.96. The number of anilines is 1. The standard InChI is InChI=1S/C18H23NO/c1-3-16(14-15-10-6-5-7-11-15)19-17-12-8-9-13-18(17)20-4-2/h5-13,16,19H,3-4,14H2,1-2H3. The molecule has 2 aromatic carbocycles. The maximum atomic E-state index is 5.67. The number of ether oxygens (including phenoxy) is 1. The summed E-state index contributed by atoms with van der Waals surface area (Å²) in [6.45, 7) is 4.91. The quantitative estimate of drug-likeness (QED) is 0.798. The smallest absolute Gasteiger partial charge is 0.142 e. The zero-order valence-electron chi connectivity index (χ0n) is 12.3. The van der Waals surface area contributed by atoms with Crippen LogP contribution < -0.4 is 10.1 Å². The Morgan fingerprint density at radius 1 is 0.950 bits per heavy atom. The first kappa shape index (κ1) is 14.4. The Balaban J connectivity index is 2.06. The van der Waals surface area contributed by atoms with Crippen molar-refractivity contribution in [3.8, 4) is 5.75 Å². The molecule has 1 atom stereocenters. The van der Waals surface area contributed by atoms with E-state index < -0.39 is 0 Å². The van der Waals surface area contributed by atoms with Crippen molar-refractivity contribution < 1.29 is 4.74 Å². The lowest BCUT2D eigenvalue weighted by Gasteiger charge is -2.20. The highest BCUT2D eigenvalue weighted by molar-refractivity contribution is 5.56. The van der Waals surface area contributed by atoms with Gasteiger partial charge >= 0.3 is 0 Å². The first-order chi connectivity index (χ1) is 9.83. The molecule has 0 radical (unpaired) electrons. The minimum atomic E-state index is 0.416. The zero-order valence-corrected chi connectivity index (χ0v) is 12.3. The molecule has 1 unspecified atom stereocenters. The molecule has 0 aliphatic rings. The first-order valence-corrected chi connectivity index (χ1v) is 7.35. The Morgan fingerprint density at radius 2 is 1.65 bits per heavy atom. The summed E-state index contributed by atoms with van der Waals surface area (Å²) in [5, 5.41) is 3.61. The molecule has 0 heterocycles. The molecule has 20 heavy (non-hydrogen) atoms. The molecule has 2 nitrogen and oxygen atoms in total. The van der Waals surface area contributed by atoms with E-state index in [2.05, 4.69) is 48.6 Å². The summed E-state index contributed by atoms with van der Waals surface area (Å²) in [5.41, 5.74) is 2.44. The summed E-state index contributed by atoms with van der Waals surface area (Å²) in [6, 6.07) is 19.2. The molecule has 2 heteroatoms. The molecule has 0 aromatic heterocycles. The van der Waals surface area contributed by atoms with Crippen molar-refractivity contribution in [1.29, 1.82) is 0 Å². The van der Waals surface area contributed by atoms with Crippen molar-refractivity contribution in [2.45, 2.75) is 32.7 Å². The molecule has 0 saturated heterocycles. The van der Waals surface area contributed by atoms with Crippen LogP contribution in [0.3, 0.4) is 0 Å². The van der Waals surface area contributed by atoms with Crippen LogP contribution in [0.2, 0.25) is 0 Å². The normalized spacial score (nSPS) is 11.9. The number of para-hydroxylation sites is 2. The first-order valence-electron chi connectivity index (χ1n) is 7.35. The number of hydrogen-bond acceptors (Lipinski definition) is 2. The largest absolute Gasteiger partial charge is 0.492 e. The van der Waals surface area contributed by atoms with E-state index in [0.29, 0.717) is 12.6 Å². The van der Waals surface area contributed by atoms with E-state index in [0.717, 1.165) is 24.3 Å². The van der Waals surface area contributed by atoms with Gasteiger partial charge in [0.05, 0.1) is 12.3 Å². The van der Waals surface area contributed by atoms with Gasteiger partial charge in [-0.05, 0) is 37.5 Å². The van der Waals surface area contributed by atoms with Gasteiger partial charge in [-0.3, -0.25) is 0 Å². The average Bonchev–Trinajstić information content (AvgIpc) is 2.50. The van der Waals surface area contributed by atoms with Gasteiger partial charge in [-0.1, -0.05) is 49.4 Å². The number of hydrogen-bond donors (Lipinski definition) is 1. The minimum absolute atomic E-state index is 0.416. The van der Waals surface area contributed by atoms with Crippen molar-refractivity contribution >= 4 is 5.69 Å². The van der Waals surface area contributed by atoms with Crippen LogP contribution in [0, 0.1) is 0 Å². The molecule has 2 aromatic rings. The third-order valence-corrected chi connectivity index (χ3v) is 3.36. The van der Waals surface area contributed by atoms with Crippen molar-refractivity contribution in [2.24, 2.45) is 0 Å². The fourth-order valence-corrected chi connectivity index (χ4v) is 2.28. The highest BCUT2D eigenvalue weighted by Crippen LogP contribution is 2.25. The van der Waals surface area contributed by atoms with Crippen LogP contribution in [0.25, 0.3) is 0 Å². The van der Waals surface area contributed by atoms with Crippen LogP contribution in [0.5, 0.6) is 5.75 Å². The van der Waals surface area contributed by atoms with E-state index in [1.807, 2.05) is 25.1 Å². The number of nitrogens with one attached hydrogen (secondary N) is 1. The van der Waals surface area contributed by atoms with Crippen LogP contribution in [0.4, 0.5) is 5.69 Å². The predicted octanol–water partition coefficient (Wildman–Crippen LogP) is 4.52. The third kappa shape index (κ3) is 4.02. The van der Waals surface area contributed by atoms with Gasteiger partial charge in [0.25, 0.3) is 0 Å². The Morgan fingerprint density at radius 3 is 2.35 bits per heavy atom. The average molecular weight is 269 g/mol. The van der Waals surface area contributed by atoms with Gasteiger partial charge in [0.1, 0.15) is 5.75 Å². The molecule has 2 rings (SSSR count). The van der Waals surface area contributed by atoms with Crippen molar-refractivity contribution in [1.82, 2.24) is 0 Å². The third-order valence-electron chi connectivity index (χ3n) is 3.36. The highest BCUT2D eigenvalue weighted by Gasteiger charge is 2.10. The zero-order chi connectivity index (χ0) is 14.2. The molecule has 0 saturated carbocycles. The van der Waals surface area contributed by atoms with Gasteiger partial charge in [-0.25, -0.2) is 0 Å². The fraction of sp³-hybridized carbons (Fsp3) is 0.333. The van der Waals surface area contributed by atoms with E-state index in [-0.39, 0.29) is 0 Å². The molecule has 0 aliphatic carbocycles. The van der Waals surface area contributed by atoms with Gasteiger partial charge in [0.15, 0.2) is 0 Å². The second kappa shape index (κ2) is 7.59. The van der Waals surface area contributed by atoms with Gasteiger partial charge < -0.3 is 10.1 Å². The monoisotopic (exact) mass is 269 g/mol. The van der Waals surface area contributed by atoms with Crippen molar-refractivity contribution in [2.75, 3.05) is 11.9 Å². The Bertz CT molecular complexity index is 510. The van der Waals surface area contributed by atoms with E-state index in [4.69, 9.17) is 4.74 Å². The van der Waals surface area contributed by atoms with Crippen LogP contribution in [-0.4, -0.2) is 12.6 Å². The molecule has 0 amide bonds. The lowest BCUT2D eigenvalue weighted by molar-refractivity contribution is 0.341. The summed E-state index contributed by atoms with van der Waals surface area (Å²) >= 11 is 0. The molecule has 0 spiro atoms.